The first kappa shape index (κ1) is 10.9. The molecule has 0 bridgehead atoms. The Hall–Kier alpha value is -0.580. The first-order chi connectivity index (χ1) is 7.16. The second kappa shape index (κ2) is 4.51. The first-order valence-electron chi connectivity index (χ1n) is 4.62. The fraction of sp³-hybridized carbons (Fsp3) is 0.273. The SMILES string of the molecule is Cc1sc(C(O)Cc2ccoc2)cc1Br. The van der Waals surface area contributed by atoms with Gasteiger partial charge >= 0.3 is 0 Å². The predicted molar refractivity (Wildman–Crippen MR) is 64.1 cm³/mol. The molecule has 2 rings (SSSR count). The molecular weight excluding hydrogens is 276 g/mol. The van der Waals surface area contributed by atoms with E-state index in [1.54, 1.807) is 23.9 Å². The Kier molecular flexibility index (Phi) is 3.29. The van der Waals surface area contributed by atoms with Gasteiger partial charge in [0.1, 0.15) is 0 Å². The minimum atomic E-state index is -0.447. The molecule has 0 spiro atoms. The van der Waals surface area contributed by atoms with Crippen LogP contribution in [0.4, 0.5) is 0 Å². The van der Waals surface area contributed by atoms with Crippen molar-refractivity contribution in [3.8, 4) is 0 Å². The molecule has 2 heterocycles. The van der Waals surface area contributed by atoms with Crippen molar-refractivity contribution < 1.29 is 9.52 Å². The smallest absolute Gasteiger partial charge is 0.0935 e. The van der Waals surface area contributed by atoms with Crippen LogP contribution in [0.3, 0.4) is 0 Å². The van der Waals surface area contributed by atoms with Gasteiger partial charge in [0.15, 0.2) is 0 Å². The third kappa shape index (κ3) is 2.51. The number of hydrogen-bond donors (Lipinski definition) is 1. The van der Waals surface area contributed by atoms with Gasteiger partial charge < -0.3 is 9.52 Å². The van der Waals surface area contributed by atoms with Gasteiger partial charge in [-0.3, -0.25) is 0 Å². The van der Waals surface area contributed by atoms with E-state index in [1.165, 1.54) is 4.88 Å². The number of hydrogen-bond acceptors (Lipinski definition) is 3. The molecule has 0 saturated carbocycles. The largest absolute Gasteiger partial charge is 0.472 e. The van der Waals surface area contributed by atoms with Crippen molar-refractivity contribution in [1.29, 1.82) is 0 Å². The lowest BCUT2D eigenvalue weighted by molar-refractivity contribution is 0.182. The standard InChI is InChI=1S/C11H11BrO2S/c1-7-9(12)5-11(15-7)10(13)4-8-2-3-14-6-8/h2-3,5-6,10,13H,4H2,1H3. The second-order valence-corrected chi connectivity index (χ2v) is 5.55. The van der Waals surface area contributed by atoms with Crippen molar-refractivity contribution in [2.24, 2.45) is 0 Å². The lowest BCUT2D eigenvalue weighted by Crippen LogP contribution is -1.97. The van der Waals surface area contributed by atoms with Gasteiger partial charge in [-0.05, 0) is 40.5 Å². The molecule has 2 aromatic rings. The topological polar surface area (TPSA) is 33.4 Å². The highest BCUT2D eigenvalue weighted by Gasteiger charge is 2.13. The van der Waals surface area contributed by atoms with Crippen LogP contribution in [-0.2, 0) is 6.42 Å². The molecule has 0 fully saturated rings. The summed E-state index contributed by atoms with van der Waals surface area (Å²) in [6, 6.07) is 3.85. The highest BCUT2D eigenvalue weighted by atomic mass is 79.9. The number of thiophene rings is 1. The zero-order chi connectivity index (χ0) is 10.8. The fourth-order valence-electron chi connectivity index (χ4n) is 1.38. The van der Waals surface area contributed by atoms with Gasteiger partial charge in [-0.15, -0.1) is 11.3 Å². The summed E-state index contributed by atoms with van der Waals surface area (Å²) in [6.45, 7) is 2.03. The minimum absolute atomic E-state index is 0.447. The van der Waals surface area contributed by atoms with Crippen molar-refractivity contribution >= 4 is 27.3 Å². The number of aryl methyl sites for hydroxylation is 1. The Balaban J connectivity index is 2.11. The Morgan fingerprint density at radius 1 is 1.60 bits per heavy atom. The molecular formula is C11H11BrO2S. The van der Waals surface area contributed by atoms with E-state index >= 15 is 0 Å². The summed E-state index contributed by atoms with van der Waals surface area (Å²) in [7, 11) is 0. The fourth-order valence-corrected chi connectivity index (χ4v) is 2.93. The molecule has 80 valence electrons. The van der Waals surface area contributed by atoms with Crippen molar-refractivity contribution in [3.05, 3.63) is 44.4 Å². The van der Waals surface area contributed by atoms with E-state index in [2.05, 4.69) is 15.9 Å². The monoisotopic (exact) mass is 286 g/mol. The molecule has 1 atom stereocenters. The molecule has 2 aromatic heterocycles. The maximum absolute atomic E-state index is 9.98. The number of rotatable bonds is 3. The maximum Gasteiger partial charge on any atom is 0.0935 e. The summed E-state index contributed by atoms with van der Waals surface area (Å²) >= 11 is 5.06. The van der Waals surface area contributed by atoms with E-state index in [1.807, 2.05) is 19.1 Å². The number of halogens is 1. The van der Waals surface area contributed by atoms with Crippen molar-refractivity contribution in [2.75, 3.05) is 0 Å². The van der Waals surface area contributed by atoms with Gasteiger partial charge in [-0.1, -0.05) is 0 Å². The van der Waals surface area contributed by atoms with E-state index < -0.39 is 6.10 Å². The lowest BCUT2D eigenvalue weighted by atomic mass is 10.1. The van der Waals surface area contributed by atoms with Crippen molar-refractivity contribution in [2.45, 2.75) is 19.4 Å². The van der Waals surface area contributed by atoms with Gasteiger partial charge in [0, 0.05) is 20.6 Å². The molecule has 0 aliphatic heterocycles. The molecule has 0 aromatic carbocycles. The summed E-state index contributed by atoms with van der Waals surface area (Å²) in [5.74, 6) is 0. The number of furan rings is 1. The molecule has 1 unspecified atom stereocenters. The Labute approximate surface area is 101 Å². The third-order valence-electron chi connectivity index (χ3n) is 2.21. The van der Waals surface area contributed by atoms with Gasteiger partial charge in [-0.25, -0.2) is 0 Å². The van der Waals surface area contributed by atoms with Gasteiger partial charge in [-0.2, -0.15) is 0 Å². The van der Waals surface area contributed by atoms with Crippen molar-refractivity contribution in [3.63, 3.8) is 0 Å². The average molecular weight is 287 g/mol. The number of aliphatic hydroxyl groups excluding tert-OH is 1. The van der Waals surface area contributed by atoms with Crippen molar-refractivity contribution in [1.82, 2.24) is 0 Å². The first-order valence-corrected chi connectivity index (χ1v) is 6.22. The molecule has 0 aliphatic carbocycles. The maximum atomic E-state index is 9.98. The zero-order valence-electron chi connectivity index (χ0n) is 8.24. The van der Waals surface area contributed by atoms with Gasteiger partial charge in [0.25, 0.3) is 0 Å². The van der Waals surface area contributed by atoms with Crippen LogP contribution < -0.4 is 0 Å². The molecule has 0 saturated heterocycles. The molecule has 4 heteroatoms. The Morgan fingerprint density at radius 3 is 2.93 bits per heavy atom. The number of aliphatic hydroxyl groups is 1. The van der Waals surface area contributed by atoms with Crippen LogP contribution in [0.1, 0.15) is 21.4 Å². The Bertz CT molecular complexity index is 414. The normalized spacial score (nSPS) is 13.0. The molecule has 1 N–H and O–H groups in total. The van der Waals surface area contributed by atoms with Crippen LogP contribution in [0.2, 0.25) is 0 Å². The molecule has 0 amide bonds. The third-order valence-corrected chi connectivity index (χ3v) is 4.45. The van der Waals surface area contributed by atoms with Gasteiger partial charge in [0.05, 0.1) is 18.6 Å². The van der Waals surface area contributed by atoms with E-state index in [0.717, 1.165) is 14.9 Å². The molecule has 0 aliphatic rings. The summed E-state index contributed by atoms with van der Waals surface area (Å²) in [4.78, 5) is 2.18. The average Bonchev–Trinajstić information content (AvgIpc) is 2.78. The van der Waals surface area contributed by atoms with E-state index in [9.17, 15) is 5.11 Å². The second-order valence-electron chi connectivity index (χ2n) is 3.40. The van der Waals surface area contributed by atoms with Crippen LogP contribution >= 0.6 is 27.3 Å². The molecule has 0 radical (unpaired) electrons. The summed E-state index contributed by atoms with van der Waals surface area (Å²) in [6.07, 6.45) is 3.44. The quantitative estimate of drug-likeness (QED) is 0.934. The van der Waals surface area contributed by atoms with Crippen LogP contribution in [0.15, 0.2) is 33.5 Å². The Morgan fingerprint density at radius 2 is 2.40 bits per heavy atom. The predicted octanol–water partition coefficient (Wildman–Crippen LogP) is 3.69. The molecule has 2 nitrogen and oxygen atoms in total. The van der Waals surface area contributed by atoms with Crippen LogP contribution in [-0.4, -0.2) is 5.11 Å². The summed E-state index contributed by atoms with van der Waals surface area (Å²) in [5, 5.41) is 9.98. The summed E-state index contributed by atoms with van der Waals surface area (Å²) in [5.41, 5.74) is 1.02. The van der Waals surface area contributed by atoms with Crippen LogP contribution in [0.25, 0.3) is 0 Å². The van der Waals surface area contributed by atoms with Crippen LogP contribution in [0.5, 0.6) is 0 Å². The lowest BCUT2D eigenvalue weighted by Gasteiger charge is -2.05. The highest BCUT2D eigenvalue weighted by Crippen LogP contribution is 2.31. The van der Waals surface area contributed by atoms with E-state index in [0.29, 0.717) is 6.42 Å². The van der Waals surface area contributed by atoms with Gasteiger partial charge in [0.2, 0.25) is 0 Å². The summed E-state index contributed by atoms with van der Waals surface area (Å²) < 4.78 is 6.03. The zero-order valence-corrected chi connectivity index (χ0v) is 10.6. The highest BCUT2D eigenvalue weighted by molar-refractivity contribution is 9.10. The van der Waals surface area contributed by atoms with E-state index in [4.69, 9.17) is 4.42 Å². The van der Waals surface area contributed by atoms with Crippen LogP contribution in [0, 0.1) is 6.92 Å². The molecule has 15 heavy (non-hydrogen) atoms. The van der Waals surface area contributed by atoms with E-state index in [-0.39, 0.29) is 0 Å². The minimum Gasteiger partial charge on any atom is -0.472 e.